The van der Waals surface area contributed by atoms with E-state index in [1.807, 2.05) is 0 Å². The normalized spacial score (nSPS) is 55.2. The predicted octanol–water partition coefficient (Wildman–Crippen LogP) is 2.19. The van der Waals surface area contributed by atoms with Crippen molar-refractivity contribution in [2.24, 2.45) is 29.4 Å². The minimum absolute atomic E-state index is 0. The molecule has 12 heavy (non-hydrogen) atoms. The van der Waals surface area contributed by atoms with Gasteiger partial charge in [0.25, 0.3) is 0 Å². The topological polar surface area (TPSA) is 26.0 Å². The number of halogens is 1. The average molecular weight is 188 g/mol. The maximum atomic E-state index is 6.20. The lowest BCUT2D eigenvalue weighted by molar-refractivity contribution is 0.141. The van der Waals surface area contributed by atoms with Crippen LogP contribution in [0.25, 0.3) is 0 Å². The fraction of sp³-hybridized carbons (Fsp3) is 1.00. The third-order valence-corrected chi connectivity index (χ3v) is 4.43. The molecule has 0 radical (unpaired) electrons. The van der Waals surface area contributed by atoms with Crippen LogP contribution in [0.2, 0.25) is 0 Å². The lowest BCUT2D eigenvalue weighted by atomic mass is 9.69. The number of hydrogen-bond acceptors (Lipinski definition) is 1. The van der Waals surface area contributed by atoms with Crippen molar-refractivity contribution in [3.05, 3.63) is 0 Å². The molecule has 3 aliphatic rings. The van der Waals surface area contributed by atoms with Gasteiger partial charge in [0.05, 0.1) is 0 Å². The lowest BCUT2D eigenvalue weighted by Gasteiger charge is -2.40. The second kappa shape index (κ2) is 2.88. The maximum absolute atomic E-state index is 6.20. The van der Waals surface area contributed by atoms with Gasteiger partial charge in [-0.2, -0.15) is 0 Å². The minimum atomic E-state index is 0. The monoisotopic (exact) mass is 187 g/mol. The summed E-state index contributed by atoms with van der Waals surface area (Å²) in [5, 5.41) is 0. The van der Waals surface area contributed by atoms with E-state index in [1.165, 1.54) is 32.1 Å². The smallest absolute Gasteiger partial charge is 0.00984 e. The molecule has 0 aromatic heterocycles. The van der Waals surface area contributed by atoms with Gasteiger partial charge in [0.2, 0.25) is 0 Å². The molecule has 0 aliphatic heterocycles. The van der Waals surface area contributed by atoms with Crippen LogP contribution < -0.4 is 5.73 Å². The second-order valence-corrected chi connectivity index (χ2v) is 4.91. The van der Waals surface area contributed by atoms with Crippen LogP contribution >= 0.6 is 12.4 Å². The fourth-order valence-corrected chi connectivity index (χ4v) is 3.95. The summed E-state index contributed by atoms with van der Waals surface area (Å²) >= 11 is 0. The zero-order valence-corrected chi connectivity index (χ0v) is 8.22. The average Bonchev–Trinajstić information content (AvgIpc) is 2.19. The van der Waals surface area contributed by atoms with Crippen molar-refractivity contribution in [3.8, 4) is 0 Å². The van der Waals surface area contributed by atoms with E-state index < -0.39 is 0 Å². The summed E-state index contributed by atoms with van der Waals surface area (Å²) in [6, 6.07) is 0.590. The summed E-state index contributed by atoms with van der Waals surface area (Å²) in [5.41, 5.74) is 6.20. The van der Waals surface area contributed by atoms with Crippen molar-refractivity contribution < 1.29 is 0 Å². The van der Waals surface area contributed by atoms with Crippen molar-refractivity contribution in [3.63, 3.8) is 0 Å². The Balaban J connectivity index is 0.000000563. The summed E-state index contributed by atoms with van der Waals surface area (Å²) in [4.78, 5) is 0. The Morgan fingerprint density at radius 2 is 1.58 bits per heavy atom. The molecule has 3 bridgehead atoms. The molecule has 5 atom stereocenters. The molecular formula is C10H18ClN. The van der Waals surface area contributed by atoms with Gasteiger partial charge in [-0.3, -0.25) is 0 Å². The van der Waals surface area contributed by atoms with Crippen LogP contribution in [0.1, 0.15) is 32.1 Å². The Bertz CT molecular complexity index is 177. The molecule has 5 unspecified atom stereocenters. The van der Waals surface area contributed by atoms with Gasteiger partial charge in [-0.05, 0) is 55.8 Å². The van der Waals surface area contributed by atoms with E-state index in [4.69, 9.17) is 5.73 Å². The highest BCUT2D eigenvalue weighted by Gasteiger charge is 2.48. The highest BCUT2D eigenvalue weighted by atomic mass is 35.5. The Morgan fingerprint density at radius 3 is 2.42 bits per heavy atom. The molecule has 70 valence electrons. The molecule has 0 amide bonds. The molecule has 0 aromatic rings. The van der Waals surface area contributed by atoms with Crippen molar-refractivity contribution in [1.82, 2.24) is 0 Å². The quantitative estimate of drug-likeness (QED) is 0.618. The van der Waals surface area contributed by atoms with Gasteiger partial charge in [0.1, 0.15) is 0 Å². The molecule has 2 N–H and O–H groups in total. The number of nitrogens with two attached hydrogens (primary N) is 1. The summed E-state index contributed by atoms with van der Waals surface area (Å²) in [7, 11) is 0. The Labute approximate surface area is 80.5 Å². The van der Waals surface area contributed by atoms with E-state index in [-0.39, 0.29) is 12.4 Å². The van der Waals surface area contributed by atoms with Crippen LogP contribution in [0.4, 0.5) is 0 Å². The van der Waals surface area contributed by atoms with E-state index >= 15 is 0 Å². The van der Waals surface area contributed by atoms with Crippen molar-refractivity contribution >= 4 is 12.4 Å². The molecule has 3 fully saturated rings. The number of rotatable bonds is 0. The minimum Gasteiger partial charge on any atom is -0.327 e. The standard InChI is InChI=1S/C10H17N.ClH/c11-10-8-2-1-7-3-6(4-8)5-9(7)10;/h6-10H,1-5,11H2;1H. The molecule has 3 rings (SSSR count). The molecule has 2 heteroatoms. The van der Waals surface area contributed by atoms with Gasteiger partial charge >= 0.3 is 0 Å². The number of hydrogen-bond donors (Lipinski definition) is 1. The van der Waals surface area contributed by atoms with Gasteiger partial charge in [0, 0.05) is 6.04 Å². The molecule has 0 saturated heterocycles. The highest BCUT2D eigenvalue weighted by Crippen LogP contribution is 2.54. The largest absolute Gasteiger partial charge is 0.327 e. The Hall–Kier alpha value is 0.250. The first kappa shape index (κ1) is 8.83. The molecule has 1 nitrogen and oxygen atoms in total. The van der Waals surface area contributed by atoms with Crippen LogP contribution in [0.15, 0.2) is 0 Å². The molecule has 0 spiro atoms. The van der Waals surface area contributed by atoms with Crippen LogP contribution in [0.3, 0.4) is 0 Å². The third kappa shape index (κ3) is 1.03. The summed E-state index contributed by atoms with van der Waals surface area (Å²) in [6.07, 6.45) is 7.41. The molecule has 3 aliphatic carbocycles. The predicted molar refractivity (Wildman–Crippen MR) is 52.3 cm³/mol. The zero-order valence-electron chi connectivity index (χ0n) is 7.41. The molecular weight excluding hydrogens is 170 g/mol. The highest BCUT2D eigenvalue weighted by molar-refractivity contribution is 5.85. The maximum Gasteiger partial charge on any atom is 0.00984 e. The molecule has 0 heterocycles. The summed E-state index contributed by atoms with van der Waals surface area (Å²) in [6.45, 7) is 0. The van der Waals surface area contributed by atoms with Crippen LogP contribution in [0, 0.1) is 23.7 Å². The van der Waals surface area contributed by atoms with Gasteiger partial charge in [-0.1, -0.05) is 0 Å². The second-order valence-electron chi connectivity index (χ2n) is 4.91. The van der Waals surface area contributed by atoms with Gasteiger partial charge in [-0.15, -0.1) is 12.4 Å². The van der Waals surface area contributed by atoms with E-state index in [0.717, 1.165) is 23.7 Å². The van der Waals surface area contributed by atoms with Crippen molar-refractivity contribution in [2.45, 2.75) is 38.1 Å². The van der Waals surface area contributed by atoms with Crippen molar-refractivity contribution in [2.75, 3.05) is 0 Å². The van der Waals surface area contributed by atoms with Crippen LogP contribution in [-0.2, 0) is 0 Å². The molecule has 0 aromatic carbocycles. The SMILES string of the molecule is Cl.NC1C2CCC3CC(C2)CC31. The zero-order chi connectivity index (χ0) is 7.42. The van der Waals surface area contributed by atoms with Crippen LogP contribution in [0.5, 0.6) is 0 Å². The van der Waals surface area contributed by atoms with Gasteiger partial charge in [-0.25, -0.2) is 0 Å². The Morgan fingerprint density at radius 1 is 0.917 bits per heavy atom. The van der Waals surface area contributed by atoms with E-state index in [2.05, 4.69) is 0 Å². The Kier molecular flexibility index (Phi) is 2.12. The van der Waals surface area contributed by atoms with E-state index in [0.29, 0.717) is 6.04 Å². The van der Waals surface area contributed by atoms with Gasteiger partial charge < -0.3 is 5.73 Å². The van der Waals surface area contributed by atoms with E-state index in [1.54, 1.807) is 0 Å². The first-order valence-electron chi connectivity index (χ1n) is 5.10. The summed E-state index contributed by atoms with van der Waals surface area (Å²) < 4.78 is 0. The lowest BCUT2D eigenvalue weighted by Crippen LogP contribution is -2.44. The summed E-state index contributed by atoms with van der Waals surface area (Å²) in [5.74, 6) is 3.97. The van der Waals surface area contributed by atoms with Crippen molar-refractivity contribution in [1.29, 1.82) is 0 Å². The van der Waals surface area contributed by atoms with Gasteiger partial charge in [0.15, 0.2) is 0 Å². The molecule has 3 saturated carbocycles. The van der Waals surface area contributed by atoms with E-state index in [9.17, 15) is 0 Å². The number of fused-ring (bicyclic) bond motifs is 2. The first-order chi connectivity index (χ1) is 5.34. The fourth-order valence-electron chi connectivity index (χ4n) is 3.95. The van der Waals surface area contributed by atoms with Crippen LogP contribution in [-0.4, -0.2) is 6.04 Å². The first-order valence-corrected chi connectivity index (χ1v) is 5.10. The third-order valence-electron chi connectivity index (χ3n) is 4.43.